The minimum Gasteiger partial charge on any atom is -0.486 e. The largest absolute Gasteiger partial charge is 0.486 e. The molecule has 7 heteroatoms. The van der Waals surface area contributed by atoms with Crippen molar-refractivity contribution in [3.63, 3.8) is 0 Å². The topological polar surface area (TPSA) is 67.9 Å². The minimum atomic E-state index is -0.596. The number of amides is 2. The van der Waals surface area contributed by atoms with E-state index in [2.05, 4.69) is 5.32 Å². The second-order valence-corrected chi connectivity index (χ2v) is 8.69. The molecule has 1 aliphatic heterocycles. The van der Waals surface area contributed by atoms with Gasteiger partial charge in [-0.15, -0.1) is 0 Å². The van der Waals surface area contributed by atoms with E-state index in [0.29, 0.717) is 50.0 Å². The molecule has 0 aliphatic carbocycles. The quantitative estimate of drug-likeness (QED) is 0.584. The molecule has 2 aromatic carbocycles. The van der Waals surface area contributed by atoms with E-state index in [0.717, 1.165) is 11.1 Å². The molecule has 0 saturated carbocycles. The number of ether oxygens (including phenoxy) is 2. The number of nitrogens with zero attached hydrogens (tertiary/aromatic N) is 1. The van der Waals surface area contributed by atoms with E-state index in [9.17, 15) is 14.0 Å². The van der Waals surface area contributed by atoms with Gasteiger partial charge in [0.05, 0.1) is 0 Å². The van der Waals surface area contributed by atoms with Crippen LogP contribution in [0, 0.1) is 11.7 Å². The van der Waals surface area contributed by atoms with Gasteiger partial charge in [0.2, 0.25) is 11.8 Å². The molecule has 1 aliphatic rings. The summed E-state index contributed by atoms with van der Waals surface area (Å²) in [7, 11) is 0. The van der Waals surface area contributed by atoms with Gasteiger partial charge < -0.3 is 19.7 Å². The van der Waals surface area contributed by atoms with Gasteiger partial charge in [-0.1, -0.05) is 39.0 Å². The average molecular weight is 457 g/mol. The second kappa shape index (κ2) is 11.7. The van der Waals surface area contributed by atoms with E-state index in [1.54, 1.807) is 17.0 Å². The fourth-order valence-corrected chi connectivity index (χ4v) is 3.77. The Hall–Kier alpha value is -3.09. The zero-order chi connectivity index (χ0) is 23.8. The molecule has 1 atom stereocenters. The molecular weight excluding hydrogens is 423 g/mol. The number of nitrogens with one attached hydrogen (secondary N) is 1. The zero-order valence-corrected chi connectivity index (χ0v) is 19.6. The number of aryl methyl sites for hydroxylation is 1. The van der Waals surface area contributed by atoms with Gasteiger partial charge in [-0.2, -0.15) is 0 Å². The number of halogens is 1. The third kappa shape index (κ3) is 6.94. The highest BCUT2D eigenvalue weighted by molar-refractivity contribution is 5.87. The summed E-state index contributed by atoms with van der Waals surface area (Å²) < 4.78 is 24.6. The van der Waals surface area contributed by atoms with Gasteiger partial charge in [-0.3, -0.25) is 9.59 Å². The summed E-state index contributed by atoms with van der Waals surface area (Å²) in [6.07, 6.45) is 1.25. The predicted octanol–water partition coefficient (Wildman–Crippen LogP) is 4.11. The normalized spacial score (nSPS) is 13.5. The predicted molar refractivity (Wildman–Crippen MR) is 125 cm³/mol. The highest BCUT2D eigenvalue weighted by Gasteiger charge is 2.28. The first kappa shape index (κ1) is 24.6. The standard InChI is InChI=1S/C26H33FN2O4/c1-4-22(26(31)28-16-18(2)3)29(17-20-5-9-21(27)10-6-20)25(30)12-8-19-7-11-23-24(15-19)33-14-13-32-23/h5-7,9-11,15,18,22H,4,8,12-14,16-17H2,1-3H3,(H,28,31)/t22-/m0/s1. The van der Waals surface area contributed by atoms with Crippen LogP contribution < -0.4 is 14.8 Å². The summed E-state index contributed by atoms with van der Waals surface area (Å²) in [6, 6.07) is 11.1. The summed E-state index contributed by atoms with van der Waals surface area (Å²) >= 11 is 0. The maximum Gasteiger partial charge on any atom is 0.242 e. The van der Waals surface area contributed by atoms with Gasteiger partial charge in [0, 0.05) is 19.5 Å². The molecule has 1 heterocycles. The molecule has 33 heavy (non-hydrogen) atoms. The molecule has 0 fully saturated rings. The van der Waals surface area contributed by atoms with Crippen molar-refractivity contribution in [2.75, 3.05) is 19.8 Å². The highest BCUT2D eigenvalue weighted by Crippen LogP contribution is 2.31. The molecule has 178 valence electrons. The lowest BCUT2D eigenvalue weighted by atomic mass is 10.1. The number of fused-ring (bicyclic) bond motifs is 1. The number of carbonyl (C=O) groups excluding carboxylic acids is 2. The van der Waals surface area contributed by atoms with Crippen molar-refractivity contribution in [3.8, 4) is 11.5 Å². The van der Waals surface area contributed by atoms with Crippen LogP contribution in [-0.2, 0) is 22.6 Å². The Kier molecular flexibility index (Phi) is 8.69. The molecule has 3 rings (SSSR count). The van der Waals surface area contributed by atoms with Crippen LogP contribution in [0.3, 0.4) is 0 Å². The van der Waals surface area contributed by atoms with Crippen molar-refractivity contribution in [1.82, 2.24) is 10.2 Å². The summed E-state index contributed by atoms with van der Waals surface area (Å²) in [5, 5.41) is 2.95. The Morgan fingerprint density at radius 1 is 1.03 bits per heavy atom. The molecule has 0 aromatic heterocycles. The van der Waals surface area contributed by atoms with Crippen LogP contribution in [0.4, 0.5) is 4.39 Å². The monoisotopic (exact) mass is 456 g/mol. The van der Waals surface area contributed by atoms with Gasteiger partial charge in [0.25, 0.3) is 0 Å². The van der Waals surface area contributed by atoms with Crippen LogP contribution >= 0.6 is 0 Å². The number of benzene rings is 2. The SMILES string of the molecule is CC[C@@H](C(=O)NCC(C)C)N(Cc1ccc(F)cc1)C(=O)CCc1ccc2c(c1)OCCO2. The van der Waals surface area contributed by atoms with Crippen molar-refractivity contribution >= 4 is 11.8 Å². The molecule has 0 spiro atoms. The first-order chi connectivity index (χ1) is 15.9. The molecule has 2 aromatic rings. The maximum absolute atomic E-state index is 13.4. The van der Waals surface area contributed by atoms with Crippen LogP contribution in [0.15, 0.2) is 42.5 Å². The van der Waals surface area contributed by atoms with Crippen LogP contribution in [0.25, 0.3) is 0 Å². The maximum atomic E-state index is 13.4. The highest BCUT2D eigenvalue weighted by atomic mass is 19.1. The molecule has 2 amide bonds. The van der Waals surface area contributed by atoms with E-state index in [-0.39, 0.29) is 30.6 Å². The Bertz CT molecular complexity index is 946. The van der Waals surface area contributed by atoms with E-state index in [1.165, 1.54) is 12.1 Å². The lowest BCUT2D eigenvalue weighted by molar-refractivity contribution is -0.141. The van der Waals surface area contributed by atoms with Gasteiger partial charge in [-0.05, 0) is 54.2 Å². The van der Waals surface area contributed by atoms with E-state index < -0.39 is 6.04 Å². The number of hydrogen-bond donors (Lipinski definition) is 1. The van der Waals surface area contributed by atoms with Crippen molar-refractivity contribution in [1.29, 1.82) is 0 Å². The Balaban J connectivity index is 1.74. The van der Waals surface area contributed by atoms with E-state index in [1.807, 2.05) is 39.0 Å². The second-order valence-electron chi connectivity index (χ2n) is 8.69. The molecule has 0 saturated heterocycles. The first-order valence-electron chi connectivity index (χ1n) is 11.6. The van der Waals surface area contributed by atoms with Crippen LogP contribution in [-0.4, -0.2) is 42.5 Å². The molecule has 0 bridgehead atoms. The fraction of sp³-hybridized carbons (Fsp3) is 0.462. The lowest BCUT2D eigenvalue weighted by Gasteiger charge is -2.31. The Morgan fingerprint density at radius 2 is 1.70 bits per heavy atom. The first-order valence-corrected chi connectivity index (χ1v) is 11.6. The van der Waals surface area contributed by atoms with E-state index >= 15 is 0 Å². The average Bonchev–Trinajstić information content (AvgIpc) is 2.82. The van der Waals surface area contributed by atoms with Crippen LogP contribution in [0.2, 0.25) is 0 Å². The summed E-state index contributed by atoms with van der Waals surface area (Å²) in [5.41, 5.74) is 1.74. The zero-order valence-electron chi connectivity index (χ0n) is 19.6. The number of hydrogen-bond acceptors (Lipinski definition) is 4. The Morgan fingerprint density at radius 3 is 2.36 bits per heavy atom. The third-order valence-electron chi connectivity index (χ3n) is 5.57. The van der Waals surface area contributed by atoms with E-state index in [4.69, 9.17) is 9.47 Å². The molecule has 0 radical (unpaired) electrons. The number of rotatable bonds is 10. The third-order valence-corrected chi connectivity index (χ3v) is 5.57. The van der Waals surface area contributed by atoms with Crippen molar-refractivity contribution in [2.45, 2.75) is 52.6 Å². The minimum absolute atomic E-state index is 0.124. The van der Waals surface area contributed by atoms with Gasteiger partial charge >= 0.3 is 0 Å². The van der Waals surface area contributed by atoms with Crippen LogP contribution in [0.1, 0.15) is 44.7 Å². The molecule has 0 unspecified atom stereocenters. The lowest BCUT2D eigenvalue weighted by Crippen LogP contribution is -2.49. The summed E-state index contributed by atoms with van der Waals surface area (Å²) in [5.74, 6) is 1.08. The molecule has 6 nitrogen and oxygen atoms in total. The smallest absolute Gasteiger partial charge is 0.242 e. The van der Waals surface area contributed by atoms with Crippen LogP contribution in [0.5, 0.6) is 11.5 Å². The fourth-order valence-electron chi connectivity index (χ4n) is 3.77. The van der Waals surface area contributed by atoms with Gasteiger partial charge in [-0.25, -0.2) is 4.39 Å². The van der Waals surface area contributed by atoms with Gasteiger partial charge in [0.1, 0.15) is 25.1 Å². The number of carbonyl (C=O) groups is 2. The molecule has 1 N–H and O–H groups in total. The summed E-state index contributed by atoms with van der Waals surface area (Å²) in [6.45, 7) is 7.77. The van der Waals surface area contributed by atoms with Crippen molar-refractivity contribution in [2.24, 2.45) is 5.92 Å². The summed E-state index contributed by atoms with van der Waals surface area (Å²) in [4.78, 5) is 27.9. The Labute approximate surface area is 195 Å². The molecular formula is C26H33FN2O4. The van der Waals surface area contributed by atoms with Gasteiger partial charge in [0.15, 0.2) is 11.5 Å². The van der Waals surface area contributed by atoms with Crippen molar-refractivity contribution < 1.29 is 23.5 Å². The van der Waals surface area contributed by atoms with Crippen molar-refractivity contribution in [3.05, 3.63) is 59.4 Å².